The summed E-state index contributed by atoms with van der Waals surface area (Å²) < 4.78 is 18.5. The highest BCUT2D eigenvalue weighted by molar-refractivity contribution is 8.18. The Bertz CT molecular complexity index is 860. The highest BCUT2D eigenvalue weighted by Crippen LogP contribution is 2.30. The Labute approximate surface area is 149 Å². The van der Waals surface area contributed by atoms with E-state index in [1.165, 1.54) is 23.9 Å². The zero-order valence-corrected chi connectivity index (χ0v) is 14.1. The molecule has 1 heterocycles. The average Bonchev–Trinajstić information content (AvgIpc) is 2.95. The zero-order valence-electron chi connectivity index (χ0n) is 13.2. The number of benzene rings is 2. The molecule has 0 atom stereocenters. The van der Waals surface area contributed by atoms with Crippen LogP contribution < -0.4 is 10.1 Å². The Morgan fingerprint density at radius 3 is 2.72 bits per heavy atom. The lowest BCUT2D eigenvalue weighted by Gasteiger charge is -2.06. The first-order valence-electron chi connectivity index (χ1n) is 7.53. The molecule has 0 unspecified atom stereocenters. The van der Waals surface area contributed by atoms with Crippen LogP contribution >= 0.6 is 11.8 Å². The number of nitrogens with one attached hydrogen (secondary N) is 1. The highest BCUT2D eigenvalue weighted by atomic mass is 32.2. The molecule has 25 heavy (non-hydrogen) atoms. The topological polar surface area (TPSA) is 50.7 Å². The fourth-order valence-electron chi connectivity index (χ4n) is 2.13. The second-order valence-electron chi connectivity index (χ2n) is 5.10. The van der Waals surface area contributed by atoms with Crippen molar-refractivity contribution in [2.75, 3.05) is 6.61 Å². The molecular formula is C19H15FN2O2S. The van der Waals surface area contributed by atoms with Crippen molar-refractivity contribution in [3.63, 3.8) is 0 Å². The molecule has 0 aliphatic carbocycles. The van der Waals surface area contributed by atoms with E-state index in [9.17, 15) is 9.18 Å². The van der Waals surface area contributed by atoms with Crippen LogP contribution in [0.25, 0.3) is 6.08 Å². The maximum Gasteiger partial charge on any atom is 0.264 e. The molecule has 0 aromatic heterocycles. The summed E-state index contributed by atoms with van der Waals surface area (Å²) in [6.07, 6.45) is 3.42. The van der Waals surface area contributed by atoms with Crippen LogP contribution in [-0.2, 0) is 4.79 Å². The Kier molecular flexibility index (Phi) is 5.30. The summed E-state index contributed by atoms with van der Waals surface area (Å²) in [5, 5.41) is 3.16. The van der Waals surface area contributed by atoms with Crippen molar-refractivity contribution in [1.82, 2.24) is 5.32 Å². The molecule has 126 valence electrons. The summed E-state index contributed by atoms with van der Waals surface area (Å²) in [4.78, 5) is 17.0. The number of para-hydroxylation sites is 1. The van der Waals surface area contributed by atoms with Crippen molar-refractivity contribution in [2.24, 2.45) is 4.99 Å². The van der Waals surface area contributed by atoms with Crippen LogP contribution in [0.1, 0.15) is 5.56 Å². The number of amides is 1. The maximum atomic E-state index is 12.9. The number of hydrogen-bond donors (Lipinski definition) is 1. The quantitative estimate of drug-likeness (QED) is 0.644. The van der Waals surface area contributed by atoms with Gasteiger partial charge in [0.05, 0.1) is 10.6 Å². The van der Waals surface area contributed by atoms with Gasteiger partial charge in [-0.3, -0.25) is 4.79 Å². The van der Waals surface area contributed by atoms with E-state index < -0.39 is 0 Å². The van der Waals surface area contributed by atoms with Crippen LogP contribution in [0.2, 0.25) is 0 Å². The van der Waals surface area contributed by atoms with Crippen molar-refractivity contribution in [3.8, 4) is 5.75 Å². The Morgan fingerprint density at radius 2 is 1.96 bits per heavy atom. The first-order chi connectivity index (χ1) is 12.2. The Hall–Kier alpha value is -2.86. The van der Waals surface area contributed by atoms with E-state index in [1.807, 2.05) is 24.3 Å². The van der Waals surface area contributed by atoms with Gasteiger partial charge in [-0.25, -0.2) is 9.38 Å². The van der Waals surface area contributed by atoms with Gasteiger partial charge in [-0.1, -0.05) is 30.9 Å². The van der Waals surface area contributed by atoms with E-state index in [1.54, 1.807) is 24.3 Å². The van der Waals surface area contributed by atoms with Crippen LogP contribution in [0, 0.1) is 5.82 Å². The number of rotatable bonds is 5. The summed E-state index contributed by atoms with van der Waals surface area (Å²) in [6, 6.07) is 13.2. The van der Waals surface area contributed by atoms with Crippen LogP contribution in [0.3, 0.4) is 0 Å². The van der Waals surface area contributed by atoms with Gasteiger partial charge >= 0.3 is 0 Å². The molecule has 0 saturated carbocycles. The number of halogens is 1. The minimum Gasteiger partial charge on any atom is -0.489 e. The second-order valence-corrected chi connectivity index (χ2v) is 6.13. The van der Waals surface area contributed by atoms with Gasteiger partial charge in [0.15, 0.2) is 5.17 Å². The Morgan fingerprint density at radius 1 is 1.20 bits per heavy atom. The molecule has 1 aliphatic rings. The van der Waals surface area contributed by atoms with Crippen molar-refractivity contribution in [2.45, 2.75) is 0 Å². The molecule has 2 aromatic carbocycles. The number of carbonyl (C=O) groups is 1. The fourth-order valence-corrected chi connectivity index (χ4v) is 2.97. The third kappa shape index (κ3) is 4.36. The van der Waals surface area contributed by atoms with E-state index >= 15 is 0 Å². The van der Waals surface area contributed by atoms with E-state index in [4.69, 9.17) is 4.74 Å². The predicted octanol–water partition coefficient (Wildman–Crippen LogP) is 4.28. The number of nitrogens with zero attached hydrogens (tertiary/aromatic N) is 1. The highest BCUT2D eigenvalue weighted by Gasteiger charge is 2.24. The van der Waals surface area contributed by atoms with Crippen molar-refractivity contribution in [3.05, 3.63) is 77.5 Å². The first-order valence-corrected chi connectivity index (χ1v) is 8.35. The van der Waals surface area contributed by atoms with Crippen LogP contribution in [-0.4, -0.2) is 17.7 Å². The molecule has 0 spiro atoms. The third-order valence-corrected chi connectivity index (χ3v) is 4.18. The minimum absolute atomic E-state index is 0.232. The molecule has 0 radical (unpaired) electrons. The second kappa shape index (κ2) is 7.81. The molecule has 1 aliphatic heterocycles. The van der Waals surface area contributed by atoms with E-state index in [2.05, 4.69) is 16.9 Å². The first kappa shape index (κ1) is 17.0. The monoisotopic (exact) mass is 354 g/mol. The minimum atomic E-state index is -0.330. The molecule has 6 heteroatoms. The van der Waals surface area contributed by atoms with E-state index in [0.29, 0.717) is 28.1 Å². The van der Waals surface area contributed by atoms with Gasteiger partial charge in [0.1, 0.15) is 18.2 Å². The van der Waals surface area contributed by atoms with Crippen LogP contribution in [0.15, 0.2) is 71.1 Å². The van der Waals surface area contributed by atoms with Gasteiger partial charge in [0.2, 0.25) is 0 Å². The van der Waals surface area contributed by atoms with Crippen molar-refractivity contribution < 1.29 is 13.9 Å². The normalized spacial score (nSPS) is 16.9. The van der Waals surface area contributed by atoms with Gasteiger partial charge in [-0.2, -0.15) is 0 Å². The zero-order chi connectivity index (χ0) is 17.6. The summed E-state index contributed by atoms with van der Waals surface area (Å²) in [5.74, 6) is 0.111. The van der Waals surface area contributed by atoms with Gasteiger partial charge < -0.3 is 10.1 Å². The lowest BCUT2D eigenvalue weighted by Crippen LogP contribution is -2.19. The SMILES string of the molecule is C=CCOc1ccccc1/C=C1\SC(=Nc2ccc(F)cc2)NC1=O. The number of aliphatic imine (C=N–C) groups is 1. The molecule has 0 bridgehead atoms. The van der Waals surface area contributed by atoms with E-state index in [-0.39, 0.29) is 11.7 Å². The molecule has 2 aromatic rings. The number of amidine groups is 1. The van der Waals surface area contributed by atoms with Gasteiger partial charge in [-0.15, -0.1) is 0 Å². The molecule has 1 fully saturated rings. The summed E-state index contributed by atoms with van der Waals surface area (Å²) in [6.45, 7) is 4.01. The largest absolute Gasteiger partial charge is 0.489 e. The molecule has 1 N–H and O–H groups in total. The van der Waals surface area contributed by atoms with Crippen LogP contribution in [0.4, 0.5) is 10.1 Å². The molecule has 1 saturated heterocycles. The molecular weight excluding hydrogens is 339 g/mol. The maximum absolute atomic E-state index is 12.9. The molecule has 3 rings (SSSR count). The number of ether oxygens (including phenoxy) is 1. The molecule has 1 amide bonds. The summed E-state index contributed by atoms with van der Waals surface area (Å²) in [5.41, 5.74) is 1.37. The summed E-state index contributed by atoms with van der Waals surface area (Å²) >= 11 is 1.23. The lowest BCUT2D eigenvalue weighted by atomic mass is 10.2. The number of carbonyl (C=O) groups excluding carboxylic acids is 1. The lowest BCUT2D eigenvalue weighted by molar-refractivity contribution is -0.115. The third-order valence-electron chi connectivity index (χ3n) is 3.27. The predicted molar refractivity (Wildman–Crippen MR) is 99.3 cm³/mol. The summed E-state index contributed by atoms with van der Waals surface area (Å²) in [7, 11) is 0. The number of hydrogen-bond acceptors (Lipinski definition) is 4. The van der Waals surface area contributed by atoms with Gasteiger partial charge in [0.25, 0.3) is 5.91 Å². The smallest absolute Gasteiger partial charge is 0.264 e. The van der Waals surface area contributed by atoms with Crippen molar-refractivity contribution in [1.29, 1.82) is 0 Å². The Balaban J connectivity index is 1.82. The standard InChI is InChI=1S/C19H15FN2O2S/c1-2-11-24-16-6-4-3-5-13(16)12-17-18(23)22-19(25-17)21-15-9-7-14(20)8-10-15/h2-10,12H,1,11H2,(H,21,22,23)/b17-12-. The molecule has 4 nitrogen and oxygen atoms in total. The van der Waals surface area contributed by atoms with Gasteiger partial charge in [0, 0.05) is 5.56 Å². The van der Waals surface area contributed by atoms with E-state index in [0.717, 1.165) is 5.56 Å². The number of thioether (sulfide) groups is 1. The van der Waals surface area contributed by atoms with Crippen molar-refractivity contribution >= 4 is 34.6 Å². The average molecular weight is 354 g/mol. The van der Waals surface area contributed by atoms with Gasteiger partial charge in [-0.05, 0) is 48.2 Å². The van der Waals surface area contributed by atoms with Crippen LogP contribution in [0.5, 0.6) is 5.75 Å². The fraction of sp³-hybridized carbons (Fsp3) is 0.0526.